The van der Waals surface area contributed by atoms with Crippen molar-refractivity contribution < 1.29 is 27.4 Å². The van der Waals surface area contributed by atoms with Crippen molar-refractivity contribution in [2.24, 2.45) is 18.0 Å². The van der Waals surface area contributed by atoms with Crippen molar-refractivity contribution in [2.45, 2.75) is 12.3 Å². The van der Waals surface area contributed by atoms with Crippen molar-refractivity contribution in [1.82, 2.24) is 9.88 Å². The van der Waals surface area contributed by atoms with Crippen LogP contribution in [0.1, 0.15) is 5.56 Å². The molecule has 0 saturated heterocycles. The first-order chi connectivity index (χ1) is 15.7. The maximum absolute atomic E-state index is 13.0. The summed E-state index contributed by atoms with van der Waals surface area (Å²) in [6.45, 7) is -0.499. The fourth-order valence-electron chi connectivity index (χ4n) is 3.31. The molecule has 0 aliphatic carbocycles. The lowest BCUT2D eigenvalue weighted by molar-refractivity contribution is -0.138. The van der Waals surface area contributed by atoms with Gasteiger partial charge in [-0.2, -0.15) is 13.2 Å². The van der Waals surface area contributed by atoms with Gasteiger partial charge < -0.3 is 24.7 Å². The van der Waals surface area contributed by atoms with Crippen LogP contribution in [-0.4, -0.2) is 29.5 Å². The summed E-state index contributed by atoms with van der Waals surface area (Å²) in [5.41, 5.74) is -2.30. The minimum atomic E-state index is -4.66. The molecule has 2 aliphatic rings. The third-order valence-electron chi connectivity index (χ3n) is 4.94. The Kier molecular flexibility index (Phi) is 5.95. The van der Waals surface area contributed by atoms with E-state index in [0.29, 0.717) is 23.8 Å². The number of nitrogens with zero attached hydrogens (tertiary/aromatic N) is 2. The fraction of sp³-hybridized carbons (Fsp3) is 0.227. The van der Waals surface area contributed by atoms with E-state index in [2.05, 4.69) is 15.6 Å². The Morgan fingerprint density at radius 2 is 1.97 bits per heavy atom. The maximum Gasteiger partial charge on any atom is 0.417 e. The van der Waals surface area contributed by atoms with Crippen LogP contribution < -0.4 is 25.7 Å². The van der Waals surface area contributed by atoms with Gasteiger partial charge in [0.1, 0.15) is 29.1 Å². The Labute approximate surface area is 186 Å². The zero-order valence-electron chi connectivity index (χ0n) is 17.3. The summed E-state index contributed by atoms with van der Waals surface area (Å²) in [5.74, 6) is 0.851. The van der Waals surface area contributed by atoms with Gasteiger partial charge >= 0.3 is 6.18 Å². The standard InChI is InChI=1S/C22H19F3N4O4/c1-29-11-13(22(23,24)25)10-17(21(29)31)28-19(30)12-32-14-2-4-15(5-3-14)33-18-7-9-27-20-16(18)6-8-26-20/h2-11,16,20,26H,12H2,1H3,(H,28,30). The lowest BCUT2D eigenvalue weighted by Crippen LogP contribution is -2.29. The molecule has 2 aromatic rings. The number of hydrogen-bond acceptors (Lipinski definition) is 6. The summed E-state index contributed by atoms with van der Waals surface area (Å²) < 4.78 is 50.9. The number of pyridine rings is 1. The summed E-state index contributed by atoms with van der Waals surface area (Å²) in [5, 5.41) is 5.28. The molecule has 11 heteroatoms. The number of nitrogens with one attached hydrogen (secondary N) is 2. The second kappa shape index (κ2) is 8.85. The van der Waals surface area contributed by atoms with E-state index in [1.807, 2.05) is 12.3 Å². The SMILES string of the molecule is Cn1cc(C(F)(F)F)cc(NC(=O)COc2ccc(OC3=CC=NC4NC=CC34)cc2)c1=O. The van der Waals surface area contributed by atoms with E-state index >= 15 is 0 Å². The number of aromatic nitrogens is 1. The van der Waals surface area contributed by atoms with Gasteiger partial charge in [0, 0.05) is 19.5 Å². The molecule has 8 nitrogen and oxygen atoms in total. The number of amides is 1. The van der Waals surface area contributed by atoms with Crippen LogP contribution in [0.3, 0.4) is 0 Å². The normalized spacial score (nSPS) is 18.8. The van der Waals surface area contributed by atoms with Crippen molar-refractivity contribution in [3.8, 4) is 11.5 Å². The first kappa shape index (κ1) is 22.2. The van der Waals surface area contributed by atoms with Crippen molar-refractivity contribution >= 4 is 17.8 Å². The molecule has 1 aromatic carbocycles. The Morgan fingerprint density at radius 1 is 1.24 bits per heavy atom. The molecule has 0 fully saturated rings. The summed E-state index contributed by atoms with van der Waals surface area (Å²) in [6, 6.07) is 7.08. The number of halogens is 3. The zero-order valence-corrected chi connectivity index (χ0v) is 17.3. The smallest absolute Gasteiger partial charge is 0.417 e. The number of carbonyl (C=O) groups excluding carboxylic acids is 1. The van der Waals surface area contributed by atoms with Crippen molar-refractivity contribution in [2.75, 3.05) is 11.9 Å². The number of hydrogen-bond donors (Lipinski definition) is 2. The van der Waals surface area contributed by atoms with Gasteiger partial charge in [0.05, 0.1) is 11.5 Å². The molecular formula is C22H19F3N4O4. The van der Waals surface area contributed by atoms with Gasteiger partial charge in [0.15, 0.2) is 6.61 Å². The van der Waals surface area contributed by atoms with Gasteiger partial charge in [-0.15, -0.1) is 0 Å². The molecule has 4 rings (SSSR count). The molecule has 0 bridgehead atoms. The average molecular weight is 460 g/mol. The molecule has 2 unspecified atom stereocenters. The molecule has 0 saturated carbocycles. The molecule has 1 aromatic heterocycles. The molecule has 172 valence electrons. The highest BCUT2D eigenvalue weighted by molar-refractivity contribution is 5.91. The average Bonchev–Trinajstić information content (AvgIpc) is 3.25. The number of alkyl halides is 3. The van der Waals surface area contributed by atoms with E-state index in [1.165, 1.54) is 7.05 Å². The van der Waals surface area contributed by atoms with Gasteiger partial charge in [-0.1, -0.05) is 6.08 Å². The van der Waals surface area contributed by atoms with Crippen molar-refractivity contribution in [1.29, 1.82) is 0 Å². The topological polar surface area (TPSA) is 94.0 Å². The van der Waals surface area contributed by atoms with Crippen molar-refractivity contribution in [3.63, 3.8) is 0 Å². The molecule has 2 N–H and O–H groups in total. The summed E-state index contributed by atoms with van der Waals surface area (Å²) >= 11 is 0. The summed E-state index contributed by atoms with van der Waals surface area (Å²) in [4.78, 5) is 28.5. The highest BCUT2D eigenvalue weighted by atomic mass is 19.4. The number of ether oxygens (including phenoxy) is 2. The number of benzene rings is 1. The van der Waals surface area contributed by atoms with E-state index in [1.54, 1.807) is 36.6 Å². The van der Waals surface area contributed by atoms with E-state index in [-0.39, 0.29) is 12.1 Å². The number of aryl methyl sites for hydroxylation is 1. The monoisotopic (exact) mass is 460 g/mol. The van der Waals surface area contributed by atoms with Crippen LogP contribution in [0.2, 0.25) is 0 Å². The molecule has 1 amide bonds. The molecule has 2 atom stereocenters. The number of fused-ring (bicyclic) bond motifs is 1. The first-order valence-corrected chi connectivity index (χ1v) is 9.85. The third-order valence-corrected chi connectivity index (χ3v) is 4.94. The molecule has 3 heterocycles. The number of dihydropyridines is 1. The predicted octanol–water partition coefficient (Wildman–Crippen LogP) is 2.83. The highest BCUT2D eigenvalue weighted by Gasteiger charge is 2.32. The minimum absolute atomic E-state index is 0.00169. The van der Waals surface area contributed by atoms with Crippen LogP contribution in [0.15, 0.2) is 70.4 Å². The zero-order chi connectivity index (χ0) is 23.6. The van der Waals surface area contributed by atoms with Crippen LogP contribution in [-0.2, 0) is 18.0 Å². The van der Waals surface area contributed by atoms with Crippen LogP contribution in [0.25, 0.3) is 0 Å². The van der Waals surface area contributed by atoms with Gasteiger partial charge in [-0.05, 0) is 42.6 Å². The van der Waals surface area contributed by atoms with E-state index < -0.39 is 35.5 Å². The Hall–Kier alpha value is -4.02. The molecule has 0 radical (unpaired) electrons. The molecule has 33 heavy (non-hydrogen) atoms. The number of aliphatic imine (C=N–C) groups is 1. The van der Waals surface area contributed by atoms with E-state index in [9.17, 15) is 22.8 Å². The maximum atomic E-state index is 13.0. The number of anilines is 1. The van der Waals surface area contributed by atoms with E-state index in [4.69, 9.17) is 9.47 Å². The van der Waals surface area contributed by atoms with E-state index in [0.717, 1.165) is 10.3 Å². The van der Waals surface area contributed by atoms with Crippen molar-refractivity contribution in [3.05, 3.63) is 76.6 Å². The quantitative estimate of drug-likeness (QED) is 0.692. The number of carbonyl (C=O) groups is 1. The summed E-state index contributed by atoms with van der Waals surface area (Å²) in [6.07, 6.45) is 3.16. The van der Waals surface area contributed by atoms with Gasteiger partial charge in [-0.25, -0.2) is 0 Å². The van der Waals surface area contributed by atoms with Crippen LogP contribution in [0.4, 0.5) is 18.9 Å². The third kappa shape index (κ3) is 5.08. The largest absolute Gasteiger partial charge is 0.484 e. The number of rotatable bonds is 6. The molecule has 2 aliphatic heterocycles. The second-order valence-corrected chi connectivity index (χ2v) is 7.33. The molecule has 0 spiro atoms. The summed E-state index contributed by atoms with van der Waals surface area (Å²) in [7, 11) is 1.17. The highest BCUT2D eigenvalue weighted by Crippen LogP contribution is 2.30. The fourth-order valence-corrected chi connectivity index (χ4v) is 3.31. The van der Waals surface area contributed by atoms with Gasteiger partial charge in [0.25, 0.3) is 11.5 Å². The van der Waals surface area contributed by atoms with Crippen LogP contribution >= 0.6 is 0 Å². The molecular weight excluding hydrogens is 441 g/mol. The van der Waals surface area contributed by atoms with Crippen LogP contribution in [0, 0.1) is 5.92 Å². The number of allylic oxidation sites excluding steroid dienone is 1. The van der Waals surface area contributed by atoms with Gasteiger partial charge in [0.2, 0.25) is 0 Å². The Morgan fingerprint density at radius 3 is 2.70 bits per heavy atom. The second-order valence-electron chi connectivity index (χ2n) is 7.33. The van der Waals surface area contributed by atoms with Gasteiger partial charge in [-0.3, -0.25) is 14.6 Å². The lowest BCUT2D eigenvalue weighted by atomic mass is 10.0. The minimum Gasteiger partial charge on any atom is -0.484 e. The first-order valence-electron chi connectivity index (χ1n) is 9.85. The lowest BCUT2D eigenvalue weighted by Gasteiger charge is -2.22. The Bertz CT molecular complexity index is 1200. The predicted molar refractivity (Wildman–Crippen MR) is 114 cm³/mol. The van der Waals surface area contributed by atoms with Crippen LogP contribution in [0.5, 0.6) is 11.5 Å². The Balaban J connectivity index is 1.34.